The lowest BCUT2D eigenvalue weighted by atomic mass is 10.1. The topological polar surface area (TPSA) is 9.23 Å². The second-order valence-corrected chi connectivity index (χ2v) is 8.94. The lowest BCUT2D eigenvalue weighted by Crippen LogP contribution is -2.60. The third kappa shape index (κ3) is 2.15. The molecular weight excluding hydrogens is 248 g/mol. The van der Waals surface area contributed by atoms with E-state index in [9.17, 15) is 0 Å². The molecule has 1 unspecified atom stereocenters. The standard InChI is InChI=1S/C17H20OSi/c1-18-19(16-11-3-2-4-12-16)14-8-7-10-15-9-5-6-13-17(15)19/h2-6,9,11-13H,7-8,10,14H2,1H3. The molecule has 0 N–H and O–H groups in total. The third-order valence-corrected chi connectivity index (χ3v) is 8.64. The highest BCUT2D eigenvalue weighted by molar-refractivity contribution is 6.97. The van der Waals surface area contributed by atoms with Gasteiger partial charge in [-0.3, -0.25) is 0 Å². The van der Waals surface area contributed by atoms with Crippen LogP contribution in [0.15, 0.2) is 54.6 Å². The van der Waals surface area contributed by atoms with Crippen LogP contribution in [0.4, 0.5) is 0 Å². The van der Waals surface area contributed by atoms with Crippen molar-refractivity contribution in [2.75, 3.05) is 7.11 Å². The fourth-order valence-electron chi connectivity index (χ4n) is 3.29. The molecule has 1 heterocycles. The van der Waals surface area contributed by atoms with Crippen LogP contribution in [0.1, 0.15) is 18.4 Å². The van der Waals surface area contributed by atoms with Crippen LogP contribution < -0.4 is 10.4 Å². The minimum atomic E-state index is -2.00. The number of fused-ring (bicyclic) bond motifs is 1. The maximum atomic E-state index is 6.21. The lowest BCUT2D eigenvalue weighted by molar-refractivity contribution is 0.414. The number of benzene rings is 2. The van der Waals surface area contributed by atoms with E-state index >= 15 is 0 Å². The summed E-state index contributed by atoms with van der Waals surface area (Å²) in [6.45, 7) is 0. The Labute approximate surface area is 116 Å². The predicted octanol–water partition coefficient (Wildman–Crippen LogP) is 2.73. The molecular formula is C17H20OSi. The molecule has 0 aromatic heterocycles. The predicted molar refractivity (Wildman–Crippen MR) is 82.7 cm³/mol. The summed E-state index contributed by atoms with van der Waals surface area (Å²) in [7, 11) is -0.0997. The largest absolute Gasteiger partial charge is 0.411 e. The van der Waals surface area contributed by atoms with Gasteiger partial charge in [0, 0.05) is 7.11 Å². The molecule has 3 rings (SSSR count). The van der Waals surface area contributed by atoms with Crippen molar-refractivity contribution >= 4 is 18.7 Å². The first-order chi connectivity index (χ1) is 9.37. The summed E-state index contributed by atoms with van der Waals surface area (Å²) in [6.07, 6.45) is 3.74. The van der Waals surface area contributed by atoms with Gasteiger partial charge in [-0.25, -0.2) is 0 Å². The molecule has 0 saturated carbocycles. The van der Waals surface area contributed by atoms with Gasteiger partial charge in [-0.05, 0) is 34.8 Å². The molecule has 1 atom stereocenters. The minimum Gasteiger partial charge on any atom is -0.411 e. The molecule has 0 amide bonds. The zero-order valence-electron chi connectivity index (χ0n) is 11.4. The molecule has 0 aliphatic carbocycles. The van der Waals surface area contributed by atoms with Crippen molar-refractivity contribution in [3.05, 3.63) is 60.2 Å². The molecule has 1 aliphatic rings. The molecule has 0 saturated heterocycles. The zero-order chi connectivity index (χ0) is 13.1. The number of hydrogen-bond donors (Lipinski definition) is 0. The van der Waals surface area contributed by atoms with Crippen LogP contribution in [0.2, 0.25) is 6.04 Å². The average molecular weight is 268 g/mol. The first kappa shape index (κ1) is 12.6. The Morgan fingerprint density at radius 2 is 1.63 bits per heavy atom. The van der Waals surface area contributed by atoms with Crippen LogP contribution in [-0.4, -0.2) is 15.4 Å². The molecule has 2 aromatic carbocycles. The van der Waals surface area contributed by atoms with Gasteiger partial charge in [0.05, 0.1) is 0 Å². The molecule has 2 aromatic rings. The van der Waals surface area contributed by atoms with E-state index in [1.165, 1.54) is 41.2 Å². The monoisotopic (exact) mass is 268 g/mol. The van der Waals surface area contributed by atoms with Gasteiger partial charge >= 0.3 is 0 Å². The van der Waals surface area contributed by atoms with E-state index in [2.05, 4.69) is 54.6 Å². The first-order valence-electron chi connectivity index (χ1n) is 7.06. The van der Waals surface area contributed by atoms with Crippen LogP contribution in [0, 0.1) is 0 Å². The van der Waals surface area contributed by atoms with Gasteiger partial charge in [0.1, 0.15) is 0 Å². The molecule has 0 bridgehead atoms. The molecule has 2 heteroatoms. The summed E-state index contributed by atoms with van der Waals surface area (Å²) in [5.74, 6) is 0. The van der Waals surface area contributed by atoms with Crippen molar-refractivity contribution in [1.29, 1.82) is 0 Å². The van der Waals surface area contributed by atoms with E-state index in [0.29, 0.717) is 0 Å². The van der Waals surface area contributed by atoms with E-state index in [4.69, 9.17) is 4.43 Å². The summed E-state index contributed by atoms with van der Waals surface area (Å²) in [6, 6.07) is 20.9. The Balaban J connectivity index is 2.20. The minimum absolute atomic E-state index is 1.20. The van der Waals surface area contributed by atoms with Gasteiger partial charge in [0.2, 0.25) is 0 Å². The van der Waals surface area contributed by atoms with E-state index in [1.807, 2.05) is 7.11 Å². The summed E-state index contributed by atoms with van der Waals surface area (Å²) < 4.78 is 6.21. The lowest BCUT2D eigenvalue weighted by Gasteiger charge is -2.31. The van der Waals surface area contributed by atoms with Gasteiger partial charge in [-0.15, -0.1) is 0 Å². The highest BCUT2D eigenvalue weighted by atomic mass is 28.4. The van der Waals surface area contributed by atoms with Crippen molar-refractivity contribution in [1.82, 2.24) is 0 Å². The number of aryl methyl sites for hydroxylation is 1. The summed E-state index contributed by atoms with van der Waals surface area (Å²) >= 11 is 0. The van der Waals surface area contributed by atoms with Crippen molar-refractivity contribution in [2.45, 2.75) is 25.3 Å². The first-order valence-corrected chi connectivity index (χ1v) is 9.17. The molecule has 1 nitrogen and oxygen atoms in total. The van der Waals surface area contributed by atoms with Crippen molar-refractivity contribution in [2.24, 2.45) is 0 Å². The van der Waals surface area contributed by atoms with Crippen molar-refractivity contribution in [3.8, 4) is 0 Å². The summed E-state index contributed by atoms with van der Waals surface area (Å²) in [5.41, 5.74) is 1.50. The van der Waals surface area contributed by atoms with Gasteiger partial charge in [-0.2, -0.15) is 0 Å². The van der Waals surface area contributed by atoms with Crippen molar-refractivity contribution < 1.29 is 4.43 Å². The molecule has 98 valence electrons. The van der Waals surface area contributed by atoms with Crippen LogP contribution >= 0.6 is 0 Å². The second-order valence-electron chi connectivity index (χ2n) is 5.26. The van der Waals surface area contributed by atoms with Crippen LogP contribution in [0.25, 0.3) is 0 Å². The highest BCUT2D eigenvalue weighted by Gasteiger charge is 2.40. The fraction of sp³-hybridized carbons (Fsp3) is 0.294. The maximum absolute atomic E-state index is 6.21. The Hall–Kier alpha value is -1.38. The van der Waals surface area contributed by atoms with Crippen LogP contribution in [-0.2, 0) is 10.8 Å². The van der Waals surface area contributed by atoms with E-state index in [1.54, 1.807) is 0 Å². The Morgan fingerprint density at radius 1 is 0.895 bits per heavy atom. The number of rotatable bonds is 2. The Bertz CT molecular complexity index is 552. The Kier molecular flexibility index (Phi) is 3.54. The number of hydrogen-bond acceptors (Lipinski definition) is 1. The third-order valence-electron chi connectivity index (χ3n) is 4.27. The van der Waals surface area contributed by atoms with Crippen LogP contribution in [0.5, 0.6) is 0 Å². The highest BCUT2D eigenvalue weighted by Crippen LogP contribution is 2.22. The molecule has 0 fully saturated rings. The van der Waals surface area contributed by atoms with Crippen LogP contribution in [0.3, 0.4) is 0 Å². The zero-order valence-corrected chi connectivity index (χ0v) is 12.4. The average Bonchev–Trinajstić information content (AvgIpc) is 2.68. The quantitative estimate of drug-likeness (QED) is 0.761. The Morgan fingerprint density at radius 3 is 2.42 bits per heavy atom. The summed E-state index contributed by atoms with van der Waals surface area (Å²) in [4.78, 5) is 0. The van der Waals surface area contributed by atoms with Crippen molar-refractivity contribution in [3.63, 3.8) is 0 Å². The van der Waals surface area contributed by atoms with Gasteiger partial charge < -0.3 is 4.43 Å². The fourth-order valence-corrected chi connectivity index (χ4v) is 7.39. The summed E-state index contributed by atoms with van der Waals surface area (Å²) in [5, 5.41) is 2.90. The molecule has 0 radical (unpaired) electrons. The maximum Gasteiger partial charge on any atom is 0.255 e. The van der Waals surface area contributed by atoms with E-state index < -0.39 is 8.32 Å². The SMILES string of the molecule is CO[Si]1(c2ccccc2)CCCCc2ccccc21. The smallest absolute Gasteiger partial charge is 0.255 e. The van der Waals surface area contributed by atoms with Gasteiger partial charge in [0.15, 0.2) is 0 Å². The van der Waals surface area contributed by atoms with E-state index in [-0.39, 0.29) is 0 Å². The second kappa shape index (κ2) is 5.31. The van der Waals surface area contributed by atoms with Gasteiger partial charge in [-0.1, -0.05) is 61.0 Å². The molecule has 0 spiro atoms. The molecule has 19 heavy (non-hydrogen) atoms. The van der Waals surface area contributed by atoms with E-state index in [0.717, 1.165) is 0 Å². The molecule has 1 aliphatic heterocycles. The normalized spacial score (nSPS) is 22.6. The van der Waals surface area contributed by atoms with Gasteiger partial charge in [0.25, 0.3) is 8.32 Å².